The number of hydrogen-bond donors (Lipinski definition) is 2. The van der Waals surface area contributed by atoms with Gasteiger partial charge in [0.2, 0.25) is 5.91 Å². The van der Waals surface area contributed by atoms with Gasteiger partial charge in [0.15, 0.2) is 0 Å². The number of hydrogen-bond acceptors (Lipinski definition) is 4. The second-order valence-electron chi connectivity index (χ2n) is 11.9. The Kier molecular flexibility index (Phi) is 9.01. The second-order valence-corrected chi connectivity index (χ2v) is 11.9. The van der Waals surface area contributed by atoms with Gasteiger partial charge in [-0.25, -0.2) is 9.80 Å². The molecule has 4 rings (SSSR count). The lowest BCUT2D eigenvalue weighted by Crippen LogP contribution is -2.57. The molecule has 1 unspecified atom stereocenters. The first-order valence-electron chi connectivity index (χ1n) is 13.9. The lowest BCUT2D eigenvalue weighted by atomic mass is 9.86. The maximum Gasteiger partial charge on any atom is 0.320 e. The SMILES string of the molecule is COc1cccc(N(C(N)=O)[C@@H]2C[C@H](c3ccccc3)CC(c3cccc(C)c3)N(NC(=O)CC(C)(C)C)C2=O)c1. The number of nitrogens with zero attached hydrogens (tertiary/aromatic N) is 2. The number of anilines is 1. The molecule has 3 N–H and O–H groups in total. The van der Waals surface area contributed by atoms with Crippen LogP contribution in [0.25, 0.3) is 0 Å². The van der Waals surface area contributed by atoms with Crippen LogP contribution in [0.1, 0.15) is 68.7 Å². The van der Waals surface area contributed by atoms with E-state index in [9.17, 15) is 14.4 Å². The molecule has 4 amide bonds. The molecule has 1 aliphatic heterocycles. The number of rotatable bonds is 7. The highest BCUT2D eigenvalue weighted by molar-refractivity contribution is 6.00. The molecule has 3 atom stereocenters. The third kappa shape index (κ3) is 7.25. The Hall–Kier alpha value is -4.33. The highest BCUT2D eigenvalue weighted by Crippen LogP contribution is 2.41. The van der Waals surface area contributed by atoms with Crippen LogP contribution in [0.2, 0.25) is 0 Å². The summed E-state index contributed by atoms with van der Waals surface area (Å²) in [4.78, 5) is 42.3. The van der Waals surface area contributed by atoms with E-state index < -0.39 is 24.0 Å². The molecular formula is C33H40N4O4. The van der Waals surface area contributed by atoms with E-state index in [2.05, 4.69) is 5.43 Å². The van der Waals surface area contributed by atoms with Crippen molar-refractivity contribution >= 4 is 23.5 Å². The van der Waals surface area contributed by atoms with Crippen molar-refractivity contribution in [3.05, 3.63) is 95.6 Å². The molecule has 1 aliphatic rings. The van der Waals surface area contributed by atoms with Crippen molar-refractivity contribution in [1.29, 1.82) is 0 Å². The summed E-state index contributed by atoms with van der Waals surface area (Å²) in [5, 5.41) is 1.44. The zero-order chi connectivity index (χ0) is 29.7. The molecule has 1 heterocycles. The largest absolute Gasteiger partial charge is 0.497 e. The summed E-state index contributed by atoms with van der Waals surface area (Å²) in [7, 11) is 1.54. The van der Waals surface area contributed by atoms with E-state index in [1.54, 1.807) is 24.3 Å². The van der Waals surface area contributed by atoms with Gasteiger partial charge in [-0.1, -0.05) is 87.0 Å². The highest BCUT2D eigenvalue weighted by atomic mass is 16.5. The maximum atomic E-state index is 14.6. The van der Waals surface area contributed by atoms with E-state index in [0.717, 1.165) is 16.7 Å². The molecule has 1 saturated heterocycles. The van der Waals surface area contributed by atoms with Crippen LogP contribution in [0.3, 0.4) is 0 Å². The molecule has 216 valence electrons. The Bertz CT molecular complexity index is 1390. The van der Waals surface area contributed by atoms with Crippen molar-refractivity contribution in [1.82, 2.24) is 10.4 Å². The second kappa shape index (κ2) is 12.5. The zero-order valence-electron chi connectivity index (χ0n) is 24.5. The van der Waals surface area contributed by atoms with Gasteiger partial charge in [0.1, 0.15) is 11.8 Å². The van der Waals surface area contributed by atoms with Gasteiger partial charge in [-0.15, -0.1) is 0 Å². The van der Waals surface area contributed by atoms with Crippen LogP contribution in [-0.4, -0.2) is 36.0 Å². The minimum Gasteiger partial charge on any atom is -0.497 e. The lowest BCUT2D eigenvalue weighted by molar-refractivity contribution is -0.145. The molecule has 8 nitrogen and oxygen atoms in total. The predicted molar refractivity (Wildman–Crippen MR) is 160 cm³/mol. The van der Waals surface area contributed by atoms with E-state index in [-0.39, 0.29) is 23.7 Å². The third-order valence-electron chi connectivity index (χ3n) is 7.36. The van der Waals surface area contributed by atoms with Gasteiger partial charge in [0.25, 0.3) is 5.91 Å². The fraction of sp³-hybridized carbons (Fsp3) is 0.364. The van der Waals surface area contributed by atoms with Crippen molar-refractivity contribution in [3.8, 4) is 5.75 Å². The number of aryl methyl sites for hydroxylation is 1. The van der Waals surface area contributed by atoms with Crippen molar-refractivity contribution < 1.29 is 19.1 Å². The molecule has 1 fully saturated rings. The summed E-state index contributed by atoms with van der Waals surface area (Å²) in [5.41, 5.74) is 12.1. The molecule has 41 heavy (non-hydrogen) atoms. The molecule has 0 saturated carbocycles. The van der Waals surface area contributed by atoms with Crippen molar-refractivity contribution in [2.24, 2.45) is 11.1 Å². The summed E-state index contributed by atoms with van der Waals surface area (Å²) in [5.74, 6) is -0.263. The van der Waals surface area contributed by atoms with Crippen molar-refractivity contribution in [3.63, 3.8) is 0 Å². The summed E-state index contributed by atoms with van der Waals surface area (Å²) < 4.78 is 5.39. The molecule has 0 aliphatic carbocycles. The number of primary amides is 1. The van der Waals surface area contributed by atoms with Gasteiger partial charge in [-0.3, -0.25) is 19.9 Å². The summed E-state index contributed by atoms with van der Waals surface area (Å²) in [6, 6.07) is 22.6. The zero-order valence-corrected chi connectivity index (χ0v) is 24.5. The van der Waals surface area contributed by atoms with Gasteiger partial charge >= 0.3 is 6.03 Å². The molecule has 0 radical (unpaired) electrons. The fourth-order valence-corrected chi connectivity index (χ4v) is 5.54. The van der Waals surface area contributed by atoms with Gasteiger partial charge in [-0.2, -0.15) is 0 Å². The molecule has 0 aromatic heterocycles. The molecule has 3 aromatic rings. The van der Waals surface area contributed by atoms with Crippen LogP contribution in [0.5, 0.6) is 5.75 Å². The minimum atomic E-state index is -0.977. The van der Waals surface area contributed by atoms with E-state index in [1.807, 2.05) is 82.3 Å². The molecule has 8 heteroatoms. The summed E-state index contributed by atoms with van der Waals surface area (Å²) in [6.45, 7) is 7.92. The average Bonchev–Trinajstić information content (AvgIpc) is 3.05. The topological polar surface area (TPSA) is 105 Å². The fourth-order valence-electron chi connectivity index (χ4n) is 5.54. The van der Waals surface area contributed by atoms with Crippen LogP contribution < -0.4 is 20.8 Å². The highest BCUT2D eigenvalue weighted by Gasteiger charge is 2.43. The van der Waals surface area contributed by atoms with Crippen LogP contribution >= 0.6 is 0 Å². The minimum absolute atomic E-state index is 0.118. The van der Waals surface area contributed by atoms with Crippen molar-refractivity contribution in [2.75, 3.05) is 12.0 Å². The van der Waals surface area contributed by atoms with E-state index in [0.29, 0.717) is 24.3 Å². The van der Waals surface area contributed by atoms with E-state index in [4.69, 9.17) is 10.5 Å². The maximum absolute atomic E-state index is 14.6. The lowest BCUT2D eigenvalue weighted by Gasteiger charge is -2.35. The number of carbonyl (C=O) groups excluding carboxylic acids is 3. The van der Waals surface area contributed by atoms with Crippen LogP contribution in [0.4, 0.5) is 10.5 Å². The monoisotopic (exact) mass is 556 g/mol. The number of nitrogens with one attached hydrogen (secondary N) is 1. The van der Waals surface area contributed by atoms with Gasteiger partial charge in [-0.05, 0) is 54.4 Å². The smallest absolute Gasteiger partial charge is 0.320 e. The summed E-state index contributed by atoms with van der Waals surface area (Å²) >= 11 is 0. The number of hydrazine groups is 1. The first-order chi connectivity index (χ1) is 19.5. The Balaban J connectivity index is 1.87. The number of nitrogens with two attached hydrogens (primary N) is 1. The number of carbonyl (C=O) groups is 3. The quantitative estimate of drug-likeness (QED) is 0.380. The number of ether oxygens (including phenoxy) is 1. The predicted octanol–water partition coefficient (Wildman–Crippen LogP) is 5.87. The summed E-state index contributed by atoms with van der Waals surface area (Å²) in [6.07, 6.45) is 1.08. The van der Waals surface area contributed by atoms with E-state index in [1.165, 1.54) is 17.0 Å². The molecular weight excluding hydrogens is 516 g/mol. The third-order valence-corrected chi connectivity index (χ3v) is 7.36. The molecule has 0 bridgehead atoms. The number of benzene rings is 3. The number of amides is 4. The van der Waals surface area contributed by atoms with E-state index >= 15 is 0 Å². The molecule has 3 aromatic carbocycles. The average molecular weight is 557 g/mol. The van der Waals surface area contributed by atoms with Gasteiger partial charge in [0, 0.05) is 12.5 Å². The first-order valence-corrected chi connectivity index (χ1v) is 13.9. The van der Waals surface area contributed by atoms with Crippen molar-refractivity contribution in [2.45, 2.75) is 65.0 Å². The van der Waals surface area contributed by atoms with Crippen LogP contribution in [0.15, 0.2) is 78.9 Å². The van der Waals surface area contributed by atoms with Gasteiger partial charge in [0.05, 0.1) is 18.8 Å². The normalized spacial score (nSPS) is 19.3. The number of methoxy groups -OCH3 is 1. The van der Waals surface area contributed by atoms with Gasteiger partial charge < -0.3 is 10.5 Å². The Labute approximate surface area is 242 Å². The van der Waals surface area contributed by atoms with Crippen LogP contribution in [0, 0.1) is 12.3 Å². The Morgan fingerprint density at radius 1 is 0.976 bits per heavy atom. The molecule has 0 spiro atoms. The van der Waals surface area contributed by atoms with Crippen LogP contribution in [-0.2, 0) is 9.59 Å². The first kappa shape index (κ1) is 29.6. The Morgan fingerprint density at radius 2 is 1.66 bits per heavy atom. The standard InChI is InChI=1S/C33H40N4O4/c1-22-11-9-14-24(17-22)28-18-25(23-12-7-6-8-13-23)19-29(31(39)37(28)35-30(38)21-33(2,3)4)36(32(34)40)26-15-10-16-27(20-26)41-5/h6-17,20,25,28-29H,18-19,21H2,1-5H3,(H2,34,40)(H,35,38)/t25-,28?,29-/m1/s1. The number of urea groups is 1. The Morgan fingerprint density at radius 3 is 2.29 bits per heavy atom.